The highest BCUT2D eigenvalue weighted by Crippen LogP contribution is 2.59. The summed E-state index contributed by atoms with van der Waals surface area (Å²) in [5, 5.41) is 4.45. The maximum atomic E-state index is 7.85. The molecule has 0 saturated carbocycles. The van der Waals surface area contributed by atoms with Gasteiger partial charge in [0.25, 0.3) is 99.8 Å². The van der Waals surface area contributed by atoms with Crippen molar-refractivity contribution in [2.45, 2.75) is 467 Å². The van der Waals surface area contributed by atoms with Crippen molar-refractivity contribution in [2.24, 2.45) is 0 Å². The molecule has 10 aromatic carbocycles. The molecule has 24 heteroatoms. The summed E-state index contributed by atoms with van der Waals surface area (Å²) in [4.78, 5) is 0. The van der Waals surface area contributed by atoms with Crippen LogP contribution in [0.4, 0.5) is 0 Å². The molecule has 10 rings (SSSR count). The van der Waals surface area contributed by atoms with Crippen molar-refractivity contribution in [1.82, 2.24) is 0 Å². The number of benzene rings is 10. The normalized spacial score (nSPS) is 14.4. The monoisotopic (exact) mass is 2250 g/mol. The Morgan fingerprint density at radius 1 is 0.113 bits per heavy atom. The molecule has 0 aliphatic heterocycles. The summed E-state index contributed by atoms with van der Waals surface area (Å²) >= 11 is 0. The van der Waals surface area contributed by atoms with Crippen molar-refractivity contribution in [1.29, 1.82) is 0 Å². The Morgan fingerprint density at radius 2 is 0.193 bits per heavy atom. The van der Waals surface area contributed by atoms with Crippen molar-refractivity contribution in [2.75, 3.05) is 0 Å². The first-order valence-electron chi connectivity index (χ1n) is 55.5. The molecule has 0 aliphatic carbocycles. The van der Waals surface area contributed by atoms with Crippen molar-refractivity contribution in [3.8, 4) is 136 Å². The predicted octanol–water partition coefficient (Wildman–Crippen LogP) is 43.8. The second-order valence-electron chi connectivity index (χ2n) is 62.1. The molecule has 150 heavy (non-hydrogen) atoms. The molecule has 828 valence electrons. The molecule has 0 unspecified atom stereocenters. The maximum Gasteiger partial charge on any atom is 0.250 e. The fourth-order valence-corrected chi connectivity index (χ4v) is 27.0. The van der Waals surface area contributed by atoms with Crippen LogP contribution in [-0.2, 0) is 0 Å². The molecule has 0 N–H and O–H groups in total. The first kappa shape index (κ1) is 125. The minimum Gasteiger partial charge on any atom is -0.541 e. The predicted molar refractivity (Wildman–Crippen MR) is 685 cm³/mol. The van der Waals surface area contributed by atoms with Crippen LogP contribution in [-0.4, -0.2) is 99.8 Å². The fraction of sp³-hybridized carbons (Fsp3) is 0.571. The standard InChI is InChI=1S/C126H204O12Si12/c1-115(2,3)139(37,38)127-103-67-61-85(73-109(103)133-145(49,50)121(19,20)21)91-79-97-98(80-92(91)86-62-68-104(128-140(39,40)116(4,5)6)110(74-86)134-146(51,52)122(22,23)24)100-82-94(88-64-70-106(130-142(43,44)118(10,11)12)112(76-88)136-148(55,56)124(28,29)30)96(90-66-72-108(132-144(47,48)120(16,17)18)114(78-90)138-150(59,60)126(34,35)36)84-102(100)101-83-95(89-65-71-107(131-143(45,46)119(13,14)15)113(77-89)137-149(57,58)125(31,32)33)93(81-99(97)101)87-63-69-105(129-141(41,42)117(7,8)9)111(75-87)135-147(53,54)123(25,26)27/h61-84H,1-60H3. The lowest BCUT2D eigenvalue weighted by Crippen LogP contribution is -2.45. The lowest BCUT2D eigenvalue weighted by Gasteiger charge is -2.40. The van der Waals surface area contributed by atoms with E-state index in [1.165, 1.54) is 0 Å². The number of fused-ring (bicyclic) bond motifs is 6. The van der Waals surface area contributed by atoms with Gasteiger partial charge in [-0.3, -0.25) is 0 Å². The number of rotatable bonds is 30. The molecule has 0 spiro atoms. The topological polar surface area (TPSA) is 111 Å². The van der Waals surface area contributed by atoms with E-state index in [4.69, 9.17) is 53.1 Å². The average Bonchev–Trinajstić information content (AvgIpc) is 0.706. The molecule has 10 aromatic rings. The van der Waals surface area contributed by atoms with E-state index in [2.05, 4.69) is 552 Å². The Bertz CT molecular complexity index is 5590. The van der Waals surface area contributed by atoms with Crippen LogP contribution in [0, 0.1) is 0 Å². The van der Waals surface area contributed by atoms with Crippen LogP contribution in [0.15, 0.2) is 146 Å². The SMILES string of the molecule is CC(C)(C)[Si](C)(C)Oc1ccc(-c2cc3c4cc(-c5ccc(O[Si](C)(C)C(C)(C)C)c(O[Si](C)(C)C(C)(C)C)c5)c(-c5ccc(O[Si](C)(C)C(C)(C)C)c(O[Si](C)(C)C(C)(C)C)c5)cc4c4cc(-c5ccc(O[Si](C)(C)C(C)(C)C)c(O[Si](C)(C)C(C)(C)C)c5)c(-c5ccc(O[Si](C)(C)C(C)(C)C)c(O[Si](C)(C)C(C)(C)C)c5)cc4c3cc2-c2ccc(O[Si](C)(C)C(C)(C)C)c(O[Si](C)(C)C(C)(C)C)c2)cc1O[Si](C)(C)C(C)(C)C. The highest BCUT2D eigenvalue weighted by Gasteiger charge is 2.52. The third kappa shape index (κ3) is 26.6. The van der Waals surface area contributed by atoms with Crippen LogP contribution < -0.4 is 53.1 Å². The van der Waals surface area contributed by atoms with Crippen LogP contribution in [0.2, 0.25) is 218 Å². The smallest absolute Gasteiger partial charge is 0.250 e. The molecule has 0 radical (unpaired) electrons. The van der Waals surface area contributed by atoms with Gasteiger partial charge >= 0.3 is 0 Å². The summed E-state index contributed by atoms with van der Waals surface area (Å²) < 4.78 is 92.7. The van der Waals surface area contributed by atoms with Crippen LogP contribution in [0.1, 0.15) is 249 Å². The van der Waals surface area contributed by atoms with E-state index in [0.717, 1.165) is 168 Å². The first-order valence-corrected chi connectivity index (χ1v) is 90.4. The molecule has 0 heterocycles. The zero-order valence-corrected chi connectivity index (χ0v) is 118. The van der Waals surface area contributed by atoms with Gasteiger partial charge in [0.2, 0.25) is 0 Å². The molecule has 0 bridgehead atoms. The summed E-state index contributed by atoms with van der Waals surface area (Å²) in [6.45, 7) is 140. The summed E-state index contributed by atoms with van der Waals surface area (Å²) in [7, 11) is -31.1. The molecule has 0 fully saturated rings. The third-order valence-electron chi connectivity index (χ3n) is 37.9. The van der Waals surface area contributed by atoms with Gasteiger partial charge in [0.1, 0.15) is 69.0 Å². The Morgan fingerprint density at radius 3 is 0.273 bits per heavy atom. The minimum atomic E-state index is -2.65. The highest BCUT2D eigenvalue weighted by molar-refractivity contribution is 6.80. The molecule has 0 atom stereocenters. The Hall–Kier alpha value is -6.82. The van der Waals surface area contributed by atoms with Gasteiger partial charge in [-0.05, 0) is 426 Å². The first-order chi connectivity index (χ1) is 66.8. The maximum absolute atomic E-state index is 7.85. The Balaban J connectivity index is 1.64. The van der Waals surface area contributed by atoms with Crippen molar-refractivity contribution < 1.29 is 53.1 Å². The van der Waals surface area contributed by atoms with E-state index in [-0.39, 0.29) is 60.5 Å². The second kappa shape index (κ2) is 40.9. The van der Waals surface area contributed by atoms with Crippen LogP contribution in [0.25, 0.3) is 99.1 Å². The van der Waals surface area contributed by atoms with Crippen LogP contribution in [0.3, 0.4) is 0 Å². The molecule has 0 saturated heterocycles. The van der Waals surface area contributed by atoms with Crippen molar-refractivity contribution in [3.63, 3.8) is 0 Å². The zero-order valence-electron chi connectivity index (χ0n) is 106. The van der Waals surface area contributed by atoms with Gasteiger partial charge in [0, 0.05) is 0 Å². The van der Waals surface area contributed by atoms with E-state index < -0.39 is 99.8 Å². The number of hydrogen-bond acceptors (Lipinski definition) is 12. The minimum absolute atomic E-state index is 0.127. The Labute approximate surface area is 926 Å². The Kier molecular flexibility index (Phi) is 34.1. The second-order valence-corrected chi connectivity index (χ2v) is 119. The lowest BCUT2D eigenvalue weighted by molar-refractivity contribution is 0.440. The fourth-order valence-electron chi connectivity index (χ4n) is 14.7. The van der Waals surface area contributed by atoms with Crippen molar-refractivity contribution >= 4 is 132 Å². The van der Waals surface area contributed by atoms with E-state index in [0.29, 0.717) is 0 Å². The molecule has 0 aromatic heterocycles. The van der Waals surface area contributed by atoms with E-state index in [1.54, 1.807) is 0 Å². The largest absolute Gasteiger partial charge is 0.541 e. The lowest BCUT2D eigenvalue weighted by atomic mass is 9.82. The van der Waals surface area contributed by atoms with E-state index >= 15 is 0 Å². The van der Waals surface area contributed by atoms with Gasteiger partial charge in [0.05, 0.1) is 0 Å². The van der Waals surface area contributed by atoms with Gasteiger partial charge in [-0.1, -0.05) is 286 Å². The van der Waals surface area contributed by atoms with Gasteiger partial charge in [-0.2, -0.15) is 0 Å². The third-order valence-corrected chi connectivity index (χ3v) is 90.0. The summed E-state index contributed by atoms with van der Waals surface area (Å²) in [5.74, 6) is 9.01. The molecule has 12 nitrogen and oxygen atoms in total. The molecular weight excluding hydrogens is 2040 g/mol. The zero-order chi connectivity index (χ0) is 115. The molecule has 0 amide bonds. The number of hydrogen-bond donors (Lipinski definition) is 0. The van der Waals surface area contributed by atoms with Gasteiger partial charge < -0.3 is 53.1 Å². The summed E-state index contributed by atoms with van der Waals surface area (Å²) in [6.07, 6.45) is 0. The summed E-state index contributed by atoms with van der Waals surface area (Å²) in [5.41, 5.74) is 11.9. The van der Waals surface area contributed by atoms with Crippen LogP contribution in [0.5, 0.6) is 69.0 Å². The average molecular weight is 2250 g/mol. The highest BCUT2D eigenvalue weighted by atomic mass is 28.4. The summed E-state index contributed by atoms with van der Waals surface area (Å²) in [6, 6.07) is 56.2. The molecule has 0 aliphatic rings. The quantitative estimate of drug-likeness (QED) is 0.0316. The van der Waals surface area contributed by atoms with E-state index in [1.807, 2.05) is 0 Å². The van der Waals surface area contributed by atoms with Gasteiger partial charge in [-0.25, -0.2) is 0 Å². The van der Waals surface area contributed by atoms with E-state index in [9.17, 15) is 0 Å². The van der Waals surface area contributed by atoms with Crippen LogP contribution >= 0.6 is 0 Å². The van der Waals surface area contributed by atoms with Gasteiger partial charge in [0.15, 0.2) is 0 Å². The molecular formula is C126H204O12Si12. The van der Waals surface area contributed by atoms with Gasteiger partial charge in [-0.15, -0.1) is 0 Å². The van der Waals surface area contributed by atoms with Crippen molar-refractivity contribution in [3.05, 3.63) is 146 Å².